The molecule has 2 nitrogen and oxygen atoms in total. The van der Waals surface area contributed by atoms with E-state index in [4.69, 9.17) is 9.47 Å². The van der Waals surface area contributed by atoms with Gasteiger partial charge in [-0.2, -0.15) is 0 Å². The Kier molecular flexibility index (Phi) is 12.3. The number of hydrogen-bond acceptors (Lipinski definition) is 2. The van der Waals surface area contributed by atoms with Crippen molar-refractivity contribution in [2.45, 2.75) is 96.5 Å². The minimum Gasteiger partial charge on any atom is -0.379 e. The Labute approximate surface area is 244 Å². The molecule has 222 valence electrons. The first kappa shape index (κ1) is 31.3. The number of unbranched alkanes of at least 4 members (excludes halogenated alkanes) is 6. The Balaban J connectivity index is 1.34. The highest BCUT2D eigenvalue weighted by atomic mass is 19.2. The zero-order valence-electron chi connectivity index (χ0n) is 24.7. The van der Waals surface area contributed by atoms with Crippen molar-refractivity contribution in [3.63, 3.8) is 0 Å². The van der Waals surface area contributed by atoms with Crippen molar-refractivity contribution >= 4 is 0 Å². The lowest BCUT2D eigenvalue weighted by atomic mass is 9.89. The first-order chi connectivity index (χ1) is 20.0. The average molecular weight is 567 g/mol. The maximum atomic E-state index is 15.2. The van der Waals surface area contributed by atoms with Crippen molar-refractivity contribution in [3.05, 3.63) is 83.2 Å². The minimum absolute atomic E-state index is 0.0282. The van der Waals surface area contributed by atoms with Gasteiger partial charge >= 0.3 is 0 Å². The Bertz CT molecular complexity index is 1220. The fourth-order valence-electron chi connectivity index (χ4n) is 5.70. The fourth-order valence-corrected chi connectivity index (χ4v) is 5.70. The third kappa shape index (κ3) is 8.68. The van der Waals surface area contributed by atoms with Gasteiger partial charge < -0.3 is 9.47 Å². The Morgan fingerprint density at radius 3 is 2.12 bits per heavy atom. The van der Waals surface area contributed by atoms with E-state index in [0.717, 1.165) is 56.3 Å². The van der Waals surface area contributed by atoms with E-state index in [-0.39, 0.29) is 23.4 Å². The van der Waals surface area contributed by atoms with Crippen LogP contribution in [0.3, 0.4) is 0 Å². The second-order valence-electron chi connectivity index (χ2n) is 11.4. The predicted molar refractivity (Wildman–Crippen MR) is 162 cm³/mol. The molecule has 41 heavy (non-hydrogen) atoms. The monoisotopic (exact) mass is 566 g/mol. The summed E-state index contributed by atoms with van der Waals surface area (Å²) in [6, 6.07) is 15.9. The molecule has 1 heterocycles. The molecule has 3 aromatic carbocycles. The van der Waals surface area contributed by atoms with Crippen LogP contribution in [0.25, 0.3) is 22.3 Å². The average Bonchev–Trinajstić information content (AvgIpc) is 2.99. The molecule has 0 N–H and O–H groups in total. The first-order valence-corrected chi connectivity index (χ1v) is 15.6. The Morgan fingerprint density at radius 1 is 0.732 bits per heavy atom. The minimum atomic E-state index is -0.803. The molecule has 0 saturated carbocycles. The van der Waals surface area contributed by atoms with Crippen LogP contribution in [0.5, 0.6) is 0 Å². The number of benzene rings is 3. The van der Waals surface area contributed by atoms with Crippen LogP contribution in [0.1, 0.15) is 95.1 Å². The fraction of sp³-hybridized carbons (Fsp3) is 0.500. The molecule has 0 spiro atoms. The Morgan fingerprint density at radius 2 is 1.44 bits per heavy atom. The molecule has 2 atom stereocenters. The lowest BCUT2D eigenvalue weighted by Crippen LogP contribution is -2.29. The number of ether oxygens (including phenoxy) is 2. The zero-order chi connectivity index (χ0) is 29.0. The SMILES string of the molecule is CCCCCCCCCc1ccc(-c2ccc(-c3ccc(C4CCC(COCCC)OC4)c(F)c3)cc2)c(F)c1F. The number of hydrogen-bond donors (Lipinski definition) is 0. The van der Waals surface area contributed by atoms with Crippen LogP contribution in [-0.2, 0) is 15.9 Å². The molecule has 5 heteroatoms. The van der Waals surface area contributed by atoms with Crippen molar-refractivity contribution in [3.8, 4) is 22.3 Å². The molecule has 0 amide bonds. The standard InChI is InChI=1S/C36H45F3O2/c1-3-5-6-7-8-9-10-11-28-17-21-33(36(39)35(28)38)27-14-12-26(13-15-27)29-18-20-32(34(37)23-29)30-16-19-31(41-24-30)25-40-22-4-2/h12-15,17-18,20-21,23,30-31H,3-11,16,19,22,24-25H2,1-2H3. The molecule has 0 bridgehead atoms. The molecule has 3 aromatic rings. The van der Waals surface area contributed by atoms with E-state index in [0.29, 0.717) is 36.3 Å². The van der Waals surface area contributed by atoms with E-state index in [1.807, 2.05) is 24.3 Å². The van der Waals surface area contributed by atoms with Crippen molar-refractivity contribution in [1.29, 1.82) is 0 Å². The number of rotatable bonds is 15. The van der Waals surface area contributed by atoms with Crippen LogP contribution < -0.4 is 0 Å². The van der Waals surface area contributed by atoms with Crippen LogP contribution in [0.15, 0.2) is 54.6 Å². The van der Waals surface area contributed by atoms with E-state index in [9.17, 15) is 4.39 Å². The van der Waals surface area contributed by atoms with E-state index in [1.54, 1.807) is 30.3 Å². The number of aryl methyl sites for hydroxylation is 1. The molecule has 1 saturated heterocycles. The third-order valence-electron chi connectivity index (χ3n) is 8.20. The molecule has 4 rings (SSSR count). The van der Waals surface area contributed by atoms with Crippen molar-refractivity contribution in [2.24, 2.45) is 0 Å². The van der Waals surface area contributed by atoms with Gasteiger partial charge in [0.15, 0.2) is 11.6 Å². The third-order valence-corrected chi connectivity index (χ3v) is 8.20. The molecular formula is C36H45F3O2. The summed E-state index contributed by atoms with van der Waals surface area (Å²) >= 11 is 0. The summed E-state index contributed by atoms with van der Waals surface area (Å²) in [4.78, 5) is 0. The molecule has 0 aliphatic carbocycles. The molecule has 2 unspecified atom stereocenters. The highest BCUT2D eigenvalue weighted by molar-refractivity contribution is 5.71. The highest BCUT2D eigenvalue weighted by Gasteiger charge is 2.25. The second-order valence-corrected chi connectivity index (χ2v) is 11.4. The maximum absolute atomic E-state index is 15.2. The molecule has 0 aromatic heterocycles. The second kappa shape index (κ2) is 16.1. The molecule has 1 fully saturated rings. The lowest BCUT2D eigenvalue weighted by Gasteiger charge is -2.29. The van der Waals surface area contributed by atoms with Crippen LogP contribution in [0.4, 0.5) is 13.2 Å². The van der Waals surface area contributed by atoms with Gasteiger partial charge in [0.25, 0.3) is 0 Å². The van der Waals surface area contributed by atoms with Crippen LogP contribution in [0, 0.1) is 17.5 Å². The van der Waals surface area contributed by atoms with E-state index in [2.05, 4.69) is 13.8 Å². The van der Waals surface area contributed by atoms with E-state index in [1.165, 1.54) is 25.7 Å². The summed E-state index contributed by atoms with van der Waals surface area (Å²) < 4.78 is 56.6. The zero-order valence-corrected chi connectivity index (χ0v) is 24.7. The van der Waals surface area contributed by atoms with Gasteiger partial charge in [-0.05, 0) is 66.0 Å². The highest BCUT2D eigenvalue weighted by Crippen LogP contribution is 2.34. The maximum Gasteiger partial charge on any atom is 0.166 e. The van der Waals surface area contributed by atoms with E-state index < -0.39 is 11.6 Å². The topological polar surface area (TPSA) is 18.5 Å². The van der Waals surface area contributed by atoms with Crippen LogP contribution in [-0.4, -0.2) is 25.9 Å². The van der Waals surface area contributed by atoms with Gasteiger partial charge in [-0.3, -0.25) is 0 Å². The molecule has 1 aliphatic heterocycles. The summed E-state index contributed by atoms with van der Waals surface area (Å²) in [6.45, 7) is 6.10. The van der Waals surface area contributed by atoms with Gasteiger partial charge in [-0.25, -0.2) is 13.2 Å². The van der Waals surface area contributed by atoms with Gasteiger partial charge in [-0.1, -0.05) is 101 Å². The summed E-state index contributed by atoms with van der Waals surface area (Å²) in [5.41, 5.74) is 3.53. The normalized spacial score (nSPS) is 17.2. The quantitative estimate of drug-likeness (QED) is 0.170. The van der Waals surface area contributed by atoms with Crippen molar-refractivity contribution in [1.82, 2.24) is 0 Å². The van der Waals surface area contributed by atoms with Gasteiger partial charge in [-0.15, -0.1) is 0 Å². The van der Waals surface area contributed by atoms with Crippen molar-refractivity contribution in [2.75, 3.05) is 19.8 Å². The van der Waals surface area contributed by atoms with Crippen LogP contribution >= 0.6 is 0 Å². The van der Waals surface area contributed by atoms with Gasteiger partial charge in [0.2, 0.25) is 0 Å². The number of halogens is 3. The largest absolute Gasteiger partial charge is 0.379 e. The van der Waals surface area contributed by atoms with Crippen LogP contribution in [0.2, 0.25) is 0 Å². The van der Waals surface area contributed by atoms with Gasteiger partial charge in [0.05, 0.1) is 19.3 Å². The lowest BCUT2D eigenvalue weighted by molar-refractivity contribution is -0.0484. The van der Waals surface area contributed by atoms with Crippen molar-refractivity contribution < 1.29 is 22.6 Å². The molecular weight excluding hydrogens is 521 g/mol. The summed E-state index contributed by atoms with van der Waals surface area (Å²) in [7, 11) is 0. The van der Waals surface area contributed by atoms with E-state index >= 15 is 8.78 Å². The molecule has 1 aliphatic rings. The summed E-state index contributed by atoms with van der Waals surface area (Å²) in [5.74, 6) is -1.77. The first-order valence-electron chi connectivity index (χ1n) is 15.6. The van der Waals surface area contributed by atoms with Gasteiger partial charge in [0, 0.05) is 18.1 Å². The van der Waals surface area contributed by atoms with Gasteiger partial charge in [0.1, 0.15) is 5.82 Å². The summed E-state index contributed by atoms with van der Waals surface area (Å²) in [5, 5.41) is 0. The smallest absolute Gasteiger partial charge is 0.166 e. The summed E-state index contributed by atoms with van der Waals surface area (Å²) in [6.07, 6.45) is 11.3. The molecule has 0 radical (unpaired) electrons. The predicted octanol–water partition coefficient (Wildman–Crippen LogP) is 10.4. The Hall–Kier alpha value is -2.63.